The van der Waals surface area contributed by atoms with Gasteiger partial charge >= 0.3 is 0 Å². The molecular formula is C22H24N4OS. The quantitative estimate of drug-likeness (QED) is 0.403. The molecule has 0 unspecified atom stereocenters. The average molecular weight is 393 g/mol. The van der Waals surface area contributed by atoms with Crippen molar-refractivity contribution in [3.63, 3.8) is 0 Å². The maximum atomic E-state index is 12.7. The van der Waals surface area contributed by atoms with E-state index in [9.17, 15) is 4.79 Å². The van der Waals surface area contributed by atoms with Gasteiger partial charge in [-0.1, -0.05) is 78.5 Å². The van der Waals surface area contributed by atoms with Crippen LogP contribution in [0.4, 0.5) is 0 Å². The van der Waals surface area contributed by atoms with E-state index in [-0.39, 0.29) is 5.91 Å². The molecule has 1 amide bonds. The van der Waals surface area contributed by atoms with Gasteiger partial charge in [-0.05, 0) is 12.5 Å². The van der Waals surface area contributed by atoms with Crippen molar-refractivity contribution in [1.82, 2.24) is 19.7 Å². The highest BCUT2D eigenvalue weighted by molar-refractivity contribution is 7.99. The number of thioether (sulfide) groups is 1. The van der Waals surface area contributed by atoms with E-state index in [0.717, 1.165) is 22.1 Å². The fourth-order valence-corrected chi connectivity index (χ4v) is 3.74. The molecule has 3 rings (SSSR count). The Morgan fingerprint density at radius 2 is 1.79 bits per heavy atom. The fraction of sp³-hybridized carbons (Fsp3) is 0.227. The van der Waals surface area contributed by atoms with E-state index in [2.05, 4.69) is 16.8 Å². The van der Waals surface area contributed by atoms with E-state index in [0.29, 0.717) is 25.4 Å². The Labute approximate surface area is 170 Å². The molecule has 5 nitrogen and oxygen atoms in total. The van der Waals surface area contributed by atoms with Gasteiger partial charge in [-0.25, -0.2) is 0 Å². The molecule has 1 aromatic heterocycles. The van der Waals surface area contributed by atoms with Gasteiger partial charge in [0.05, 0.1) is 5.75 Å². The molecule has 0 radical (unpaired) electrons. The van der Waals surface area contributed by atoms with Crippen LogP contribution in [0.15, 0.2) is 78.5 Å². The second kappa shape index (κ2) is 9.90. The molecule has 0 atom stereocenters. The molecule has 0 aliphatic carbocycles. The van der Waals surface area contributed by atoms with Crippen molar-refractivity contribution in [1.29, 1.82) is 0 Å². The molecule has 0 N–H and O–H groups in total. The monoisotopic (exact) mass is 392 g/mol. The summed E-state index contributed by atoms with van der Waals surface area (Å²) in [6.45, 7) is 7.71. The number of carbonyl (C=O) groups excluding carboxylic acids is 1. The van der Waals surface area contributed by atoms with Crippen LogP contribution in [0, 0.1) is 0 Å². The van der Waals surface area contributed by atoms with Crippen LogP contribution >= 0.6 is 11.8 Å². The zero-order valence-electron chi connectivity index (χ0n) is 16.0. The SMILES string of the molecule is C=CCn1c(SCC(=O)N(CC)Cc2ccccc2)nnc1-c1ccccc1. The van der Waals surface area contributed by atoms with Gasteiger partial charge in [0.1, 0.15) is 0 Å². The molecule has 0 saturated carbocycles. The minimum atomic E-state index is 0.0887. The summed E-state index contributed by atoms with van der Waals surface area (Å²) in [5.74, 6) is 1.20. The van der Waals surface area contributed by atoms with E-state index in [1.165, 1.54) is 11.8 Å². The second-order valence-corrected chi connectivity index (χ2v) is 7.20. The summed E-state index contributed by atoms with van der Waals surface area (Å²) in [6, 6.07) is 20.0. The highest BCUT2D eigenvalue weighted by Gasteiger charge is 2.17. The molecule has 1 heterocycles. The van der Waals surface area contributed by atoms with Crippen molar-refractivity contribution in [2.24, 2.45) is 0 Å². The standard InChI is InChI=1S/C22H24N4OS/c1-3-15-26-21(19-13-9-6-10-14-19)23-24-22(26)28-17-20(27)25(4-2)16-18-11-7-5-8-12-18/h3,5-14H,1,4,15-17H2,2H3. The Hall–Kier alpha value is -2.86. The lowest BCUT2D eigenvalue weighted by Gasteiger charge is -2.20. The van der Waals surface area contributed by atoms with E-state index in [1.807, 2.05) is 83.1 Å². The van der Waals surface area contributed by atoms with E-state index >= 15 is 0 Å². The summed E-state index contributed by atoms with van der Waals surface area (Å²) in [7, 11) is 0. The van der Waals surface area contributed by atoms with Crippen LogP contribution in [0.1, 0.15) is 12.5 Å². The van der Waals surface area contributed by atoms with Gasteiger partial charge in [0.2, 0.25) is 5.91 Å². The van der Waals surface area contributed by atoms with Gasteiger partial charge in [-0.3, -0.25) is 9.36 Å². The minimum absolute atomic E-state index is 0.0887. The smallest absolute Gasteiger partial charge is 0.233 e. The summed E-state index contributed by atoms with van der Waals surface area (Å²) < 4.78 is 1.99. The van der Waals surface area contributed by atoms with Crippen molar-refractivity contribution >= 4 is 17.7 Å². The first-order chi connectivity index (χ1) is 13.7. The molecule has 0 aliphatic rings. The molecular weight excluding hydrogens is 368 g/mol. The summed E-state index contributed by atoms with van der Waals surface area (Å²) in [6.07, 6.45) is 1.81. The molecule has 0 bridgehead atoms. The van der Waals surface area contributed by atoms with Gasteiger partial charge in [0, 0.05) is 25.2 Å². The number of benzene rings is 2. The first kappa shape index (κ1) is 19.9. The summed E-state index contributed by atoms with van der Waals surface area (Å²) >= 11 is 1.42. The Kier molecular flexibility index (Phi) is 7.03. The third kappa shape index (κ3) is 4.89. The molecule has 0 saturated heterocycles. The van der Waals surface area contributed by atoms with Crippen LogP contribution in [0.2, 0.25) is 0 Å². The largest absolute Gasteiger partial charge is 0.338 e. The second-order valence-electron chi connectivity index (χ2n) is 6.25. The van der Waals surface area contributed by atoms with Crippen LogP contribution in [0.25, 0.3) is 11.4 Å². The molecule has 6 heteroatoms. The van der Waals surface area contributed by atoms with Crippen molar-refractivity contribution < 1.29 is 4.79 Å². The van der Waals surface area contributed by atoms with Crippen molar-refractivity contribution in [2.45, 2.75) is 25.2 Å². The Morgan fingerprint density at radius 3 is 2.43 bits per heavy atom. The van der Waals surface area contributed by atoms with Crippen LogP contribution in [0.5, 0.6) is 0 Å². The Balaban J connectivity index is 1.70. The number of hydrogen-bond donors (Lipinski definition) is 0. The summed E-state index contributed by atoms with van der Waals surface area (Å²) in [4.78, 5) is 14.6. The molecule has 28 heavy (non-hydrogen) atoms. The predicted octanol–water partition coefficient (Wildman–Crippen LogP) is 4.27. The van der Waals surface area contributed by atoms with Crippen LogP contribution in [-0.4, -0.2) is 37.9 Å². The van der Waals surface area contributed by atoms with Gasteiger partial charge in [-0.15, -0.1) is 16.8 Å². The van der Waals surface area contributed by atoms with Gasteiger partial charge in [0.25, 0.3) is 0 Å². The van der Waals surface area contributed by atoms with E-state index < -0.39 is 0 Å². The number of allylic oxidation sites excluding steroid dienone is 1. The summed E-state index contributed by atoms with van der Waals surface area (Å²) in [5, 5.41) is 9.37. The number of hydrogen-bond acceptors (Lipinski definition) is 4. The zero-order chi connectivity index (χ0) is 19.8. The lowest BCUT2D eigenvalue weighted by atomic mass is 10.2. The molecule has 0 fully saturated rings. The highest BCUT2D eigenvalue weighted by atomic mass is 32.2. The lowest BCUT2D eigenvalue weighted by molar-refractivity contribution is -0.128. The van der Waals surface area contributed by atoms with E-state index in [1.54, 1.807) is 0 Å². The van der Waals surface area contributed by atoms with E-state index in [4.69, 9.17) is 0 Å². The highest BCUT2D eigenvalue weighted by Crippen LogP contribution is 2.24. The van der Waals surface area contributed by atoms with Gasteiger partial charge in [0.15, 0.2) is 11.0 Å². The third-order valence-corrected chi connectivity index (χ3v) is 5.29. The topological polar surface area (TPSA) is 51.0 Å². The van der Waals surface area contributed by atoms with Crippen LogP contribution in [-0.2, 0) is 17.9 Å². The Morgan fingerprint density at radius 1 is 1.11 bits per heavy atom. The number of amides is 1. The third-order valence-electron chi connectivity index (χ3n) is 4.34. The predicted molar refractivity (Wildman–Crippen MR) is 114 cm³/mol. The molecule has 0 aliphatic heterocycles. The number of carbonyl (C=O) groups is 1. The first-order valence-electron chi connectivity index (χ1n) is 9.27. The van der Waals surface area contributed by atoms with Crippen molar-refractivity contribution in [3.05, 3.63) is 78.9 Å². The molecule has 144 valence electrons. The summed E-state index contributed by atoms with van der Waals surface area (Å²) in [5.41, 5.74) is 2.12. The van der Waals surface area contributed by atoms with Gasteiger partial charge < -0.3 is 4.90 Å². The molecule has 2 aromatic carbocycles. The zero-order valence-corrected chi connectivity index (χ0v) is 16.8. The maximum Gasteiger partial charge on any atom is 0.233 e. The van der Waals surface area contributed by atoms with Crippen molar-refractivity contribution in [3.8, 4) is 11.4 Å². The first-order valence-corrected chi connectivity index (χ1v) is 10.3. The Bertz CT molecular complexity index is 909. The number of nitrogens with zero attached hydrogens (tertiary/aromatic N) is 4. The normalized spacial score (nSPS) is 10.6. The fourth-order valence-electron chi connectivity index (χ4n) is 2.89. The van der Waals surface area contributed by atoms with Crippen molar-refractivity contribution in [2.75, 3.05) is 12.3 Å². The van der Waals surface area contributed by atoms with Gasteiger partial charge in [-0.2, -0.15) is 0 Å². The molecule has 3 aromatic rings. The average Bonchev–Trinajstić information content (AvgIpc) is 3.14. The number of rotatable bonds is 9. The maximum absolute atomic E-state index is 12.7. The number of aromatic nitrogens is 3. The molecule has 0 spiro atoms. The lowest BCUT2D eigenvalue weighted by Crippen LogP contribution is -2.31. The minimum Gasteiger partial charge on any atom is -0.338 e. The van der Waals surface area contributed by atoms with Crippen LogP contribution in [0.3, 0.4) is 0 Å². The van der Waals surface area contributed by atoms with Crippen LogP contribution < -0.4 is 0 Å².